The van der Waals surface area contributed by atoms with Gasteiger partial charge in [-0.05, 0) is 49.4 Å². The first kappa shape index (κ1) is 23.9. The van der Waals surface area contributed by atoms with E-state index in [1.807, 2.05) is 23.1 Å². The zero-order valence-corrected chi connectivity index (χ0v) is 18.2. The van der Waals surface area contributed by atoms with E-state index in [1.165, 1.54) is 11.1 Å². The van der Waals surface area contributed by atoms with Crippen molar-refractivity contribution in [1.29, 1.82) is 0 Å². The molecule has 6 heteroatoms. The average Bonchev–Trinajstić information content (AvgIpc) is 2.80. The summed E-state index contributed by atoms with van der Waals surface area (Å²) in [4.78, 5) is 1.86. The van der Waals surface area contributed by atoms with Crippen LogP contribution in [0.4, 0.5) is 0 Å². The lowest BCUT2D eigenvalue weighted by atomic mass is 9.94. The Kier molecular flexibility index (Phi) is 9.02. The van der Waals surface area contributed by atoms with Gasteiger partial charge < -0.3 is 25.2 Å². The molecule has 0 spiro atoms. The number of aliphatic hydroxyl groups excluding tert-OH is 4. The monoisotopic (exact) mass is 429 g/mol. The second-order valence-corrected chi connectivity index (χ2v) is 8.36. The van der Waals surface area contributed by atoms with Crippen molar-refractivity contribution < 1.29 is 25.2 Å². The van der Waals surface area contributed by atoms with Crippen LogP contribution in [0.15, 0.2) is 54.6 Å². The van der Waals surface area contributed by atoms with E-state index >= 15 is 0 Å². The summed E-state index contributed by atoms with van der Waals surface area (Å²) >= 11 is 0. The zero-order chi connectivity index (χ0) is 22.2. The van der Waals surface area contributed by atoms with E-state index < -0.39 is 24.4 Å². The van der Waals surface area contributed by atoms with Gasteiger partial charge in [0.05, 0.1) is 24.9 Å². The summed E-state index contributed by atoms with van der Waals surface area (Å²) in [6.45, 7) is 3.40. The molecule has 2 aromatic carbocycles. The number of ether oxygens (including phenoxy) is 1. The number of unbranched alkanes of at least 4 members (excludes halogenated alkanes) is 2. The first-order valence-electron chi connectivity index (χ1n) is 11.2. The molecule has 1 aliphatic heterocycles. The van der Waals surface area contributed by atoms with Crippen LogP contribution in [0.3, 0.4) is 0 Å². The highest BCUT2D eigenvalue weighted by atomic mass is 16.5. The fourth-order valence-electron chi connectivity index (χ4n) is 4.16. The molecule has 0 bridgehead atoms. The van der Waals surface area contributed by atoms with E-state index in [4.69, 9.17) is 4.74 Å². The van der Waals surface area contributed by atoms with Gasteiger partial charge in [0.2, 0.25) is 0 Å². The average molecular weight is 430 g/mol. The molecular weight excluding hydrogens is 394 g/mol. The molecule has 0 aliphatic carbocycles. The van der Waals surface area contributed by atoms with E-state index in [2.05, 4.69) is 43.3 Å². The second kappa shape index (κ2) is 11.7. The van der Waals surface area contributed by atoms with Gasteiger partial charge in [-0.2, -0.15) is 0 Å². The van der Waals surface area contributed by atoms with Crippen LogP contribution in [0.25, 0.3) is 11.1 Å². The highest BCUT2D eigenvalue weighted by Gasteiger charge is 2.40. The van der Waals surface area contributed by atoms with Crippen LogP contribution >= 0.6 is 0 Å². The van der Waals surface area contributed by atoms with Gasteiger partial charge in [-0.25, -0.2) is 0 Å². The minimum Gasteiger partial charge on any atom is -0.395 e. The van der Waals surface area contributed by atoms with Crippen LogP contribution in [-0.2, 0) is 4.74 Å². The topological polar surface area (TPSA) is 93.4 Å². The quantitative estimate of drug-likeness (QED) is 0.433. The summed E-state index contributed by atoms with van der Waals surface area (Å²) in [6, 6.07) is 18.2. The maximum atomic E-state index is 10.0. The fourth-order valence-corrected chi connectivity index (χ4v) is 4.16. The predicted molar refractivity (Wildman–Crippen MR) is 121 cm³/mol. The third-order valence-corrected chi connectivity index (χ3v) is 6.16. The summed E-state index contributed by atoms with van der Waals surface area (Å²) in [5.74, 6) is 0. The molecule has 4 N–H and O–H groups in total. The second-order valence-electron chi connectivity index (χ2n) is 8.36. The Morgan fingerprint density at radius 2 is 1.58 bits per heavy atom. The number of nitrogens with zero attached hydrogens (tertiary/aromatic N) is 1. The lowest BCUT2D eigenvalue weighted by Crippen LogP contribution is -2.62. The Morgan fingerprint density at radius 3 is 2.26 bits per heavy atom. The molecular formula is C25H35NO5. The van der Waals surface area contributed by atoms with Gasteiger partial charge in [-0.15, -0.1) is 0 Å². The maximum Gasteiger partial charge on any atom is 0.109 e. The van der Waals surface area contributed by atoms with Crippen molar-refractivity contribution >= 4 is 0 Å². The minimum atomic E-state index is -1.20. The van der Waals surface area contributed by atoms with Crippen molar-refractivity contribution in [2.45, 2.75) is 56.6 Å². The number of hydrogen-bond acceptors (Lipinski definition) is 6. The lowest BCUT2D eigenvalue weighted by Gasteiger charge is -2.43. The molecule has 1 saturated heterocycles. The summed E-state index contributed by atoms with van der Waals surface area (Å²) in [7, 11) is 0. The molecule has 2 aromatic rings. The Morgan fingerprint density at radius 1 is 0.903 bits per heavy atom. The maximum absolute atomic E-state index is 10.0. The molecule has 6 nitrogen and oxygen atoms in total. The summed E-state index contributed by atoms with van der Waals surface area (Å²) in [5.41, 5.74) is 3.55. The van der Waals surface area contributed by atoms with Gasteiger partial charge in [-0.1, -0.05) is 54.6 Å². The smallest absolute Gasteiger partial charge is 0.109 e. The first-order valence-corrected chi connectivity index (χ1v) is 11.2. The third-order valence-electron chi connectivity index (χ3n) is 6.16. The Labute approximate surface area is 184 Å². The molecule has 0 aromatic heterocycles. The predicted octanol–water partition coefficient (Wildman–Crippen LogP) is 2.36. The van der Waals surface area contributed by atoms with Crippen molar-refractivity contribution in [1.82, 2.24) is 4.90 Å². The minimum absolute atomic E-state index is 0.0254. The number of aliphatic hydroxyl groups is 4. The van der Waals surface area contributed by atoms with Crippen molar-refractivity contribution in [2.75, 3.05) is 26.3 Å². The molecule has 0 radical (unpaired) electrons. The van der Waals surface area contributed by atoms with Crippen LogP contribution < -0.4 is 0 Å². The molecule has 0 saturated carbocycles. The summed E-state index contributed by atoms with van der Waals surface area (Å²) < 4.78 is 5.99. The highest BCUT2D eigenvalue weighted by molar-refractivity contribution is 5.63. The summed E-state index contributed by atoms with van der Waals surface area (Å²) in [5, 5.41) is 39.2. The van der Waals surface area contributed by atoms with Crippen LogP contribution in [0.2, 0.25) is 0 Å². The molecule has 1 heterocycles. The van der Waals surface area contributed by atoms with Crippen molar-refractivity contribution in [3.05, 3.63) is 60.2 Å². The Hall–Kier alpha value is -1.80. The molecule has 5 atom stereocenters. The number of β-amino-alcohol motifs (C(OH)–C–C–N with tert-alkyl or cyclic N) is 1. The van der Waals surface area contributed by atoms with E-state index in [0.29, 0.717) is 13.2 Å². The van der Waals surface area contributed by atoms with Gasteiger partial charge in [-0.3, -0.25) is 4.90 Å². The van der Waals surface area contributed by atoms with Crippen LogP contribution in [0, 0.1) is 0 Å². The fraction of sp³-hybridized carbons (Fsp3) is 0.520. The van der Waals surface area contributed by atoms with E-state index in [-0.39, 0.29) is 19.3 Å². The Balaban J connectivity index is 1.36. The molecule has 170 valence electrons. The number of benzene rings is 2. The molecule has 1 fully saturated rings. The number of rotatable bonds is 10. The third kappa shape index (κ3) is 6.35. The van der Waals surface area contributed by atoms with Gasteiger partial charge in [0.15, 0.2) is 0 Å². The van der Waals surface area contributed by atoms with Gasteiger partial charge >= 0.3 is 0 Å². The van der Waals surface area contributed by atoms with Crippen LogP contribution in [0.5, 0.6) is 0 Å². The van der Waals surface area contributed by atoms with Crippen LogP contribution in [0.1, 0.15) is 37.9 Å². The van der Waals surface area contributed by atoms with E-state index in [1.54, 1.807) is 0 Å². The molecule has 0 unspecified atom stereocenters. The summed E-state index contributed by atoms with van der Waals surface area (Å²) in [6.07, 6.45) is -0.569. The van der Waals surface area contributed by atoms with Crippen LogP contribution in [-0.4, -0.2) is 76.0 Å². The molecule has 31 heavy (non-hydrogen) atoms. The molecule has 3 rings (SSSR count). The van der Waals surface area contributed by atoms with E-state index in [0.717, 1.165) is 24.8 Å². The normalized spacial score (nSPS) is 25.5. The number of likely N-dealkylation sites (tertiary alicyclic amines) is 1. The Bertz CT molecular complexity index is 769. The SMILES string of the molecule is C[C@H](OCCCCCN1C[C@H](O)[C@@H](O)[C@H](O)[C@@H]1CO)c1ccc(-c2ccccc2)cc1. The van der Waals surface area contributed by atoms with Gasteiger partial charge in [0.25, 0.3) is 0 Å². The van der Waals surface area contributed by atoms with Gasteiger partial charge in [0, 0.05) is 13.2 Å². The molecule has 1 aliphatic rings. The number of piperidine rings is 1. The number of hydrogen-bond donors (Lipinski definition) is 4. The van der Waals surface area contributed by atoms with Crippen molar-refractivity contribution in [3.63, 3.8) is 0 Å². The highest BCUT2D eigenvalue weighted by Crippen LogP contribution is 2.24. The van der Waals surface area contributed by atoms with E-state index in [9.17, 15) is 20.4 Å². The standard InChI is InChI=1S/C25H35NO5/c1-18(19-10-12-21(13-11-19)20-8-4-2-5-9-20)31-15-7-3-6-14-26-16-23(28)25(30)24(29)22(26)17-27/h2,4-5,8-13,18,22-25,27-30H,3,6-7,14-17H2,1H3/t18-,22-,23-,24+,25+/m0/s1. The first-order chi connectivity index (χ1) is 15.0. The largest absolute Gasteiger partial charge is 0.395 e. The van der Waals surface area contributed by atoms with Gasteiger partial charge in [0.1, 0.15) is 12.2 Å². The lowest BCUT2D eigenvalue weighted by molar-refractivity contribution is -0.145. The van der Waals surface area contributed by atoms with Crippen molar-refractivity contribution in [2.24, 2.45) is 0 Å². The van der Waals surface area contributed by atoms with Crippen molar-refractivity contribution in [3.8, 4) is 11.1 Å². The zero-order valence-electron chi connectivity index (χ0n) is 18.2. The molecule has 0 amide bonds.